The van der Waals surface area contributed by atoms with Crippen molar-refractivity contribution in [3.63, 3.8) is 0 Å². The van der Waals surface area contributed by atoms with Crippen LogP contribution in [0.15, 0.2) is 58.8 Å². The van der Waals surface area contributed by atoms with Gasteiger partial charge in [-0.2, -0.15) is 0 Å². The van der Waals surface area contributed by atoms with E-state index in [1.54, 1.807) is 13.0 Å². The lowest BCUT2D eigenvalue weighted by Gasteiger charge is -2.30. The molecule has 3 rings (SSSR count). The van der Waals surface area contributed by atoms with E-state index >= 15 is 0 Å². The molecule has 0 aromatic heterocycles. The van der Waals surface area contributed by atoms with Crippen LogP contribution in [0.4, 0.5) is 4.79 Å². The number of thioether (sulfide) groups is 1. The Balaban J connectivity index is 1.48. The van der Waals surface area contributed by atoms with Crippen LogP contribution in [-0.4, -0.2) is 42.9 Å². The minimum atomic E-state index is -0.883. The quantitative estimate of drug-likeness (QED) is 0.124. The molecule has 0 bridgehead atoms. The zero-order valence-corrected chi connectivity index (χ0v) is 22.9. The molecule has 206 valence electrons. The smallest absolute Gasteiger partial charge is 0.320 e. The number of amides is 2. The lowest BCUT2D eigenvalue weighted by atomic mass is 9.78. The number of carbonyl (C=O) groups is 4. The molecular formula is C29H37NO7S. The summed E-state index contributed by atoms with van der Waals surface area (Å²) in [6.07, 6.45) is 19.2. The molecule has 3 unspecified atom stereocenters. The lowest BCUT2D eigenvalue weighted by Crippen LogP contribution is -2.28. The minimum absolute atomic E-state index is 0.0117. The van der Waals surface area contributed by atoms with Gasteiger partial charge in [0, 0.05) is 11.8 Å². The van der Waals surface area contributed by atoms with E-state index in [0.717, 1.165) is 55.2 Å². The van der Waals surface area contributed by atoms with Crippen molar-refractivity contribution in [2.45, 2.75) is 58.8 Å². The van der Waals surface area contributed by atoms with E-state index in [1.807, 2.05) is 24.3 Å². The summed E-state index contributed by atoms with van der Waals surface area (Å²) in [6, 6.07) is 0. The Morgan fingerprint density at radius 1 is 0.947 bits per heavy atom. The third kappa shape index (κ3) is 8.48. The van der Waals surface area contributed by atoms with Crippen molar-refractivity contribution in [3.05, 3.63) is 58.8 Å². The van der Waals surface area contributed by atoms with Crippen LogP contribution in [0.1, 0.15) is 58.8 Å². The highest BCUT2D eigenvalue weighted by Gasteiger charge is 2.32. The molecule has 38 heavy (non-hydrogen) atoms. The van der Waals surface area contributed by atoms with Crippen LogP contribution < -0.4 is 5.32 Å². The van der Waals surface area contributed by atoms with Gasteiger partial charge in [-0.1, -0.05) is 63.0 Å². The number of fused-ring (bicyclic) bond motifs is 1. The maximum Gasteiger partial charge on any atom is 0.320 e. The van der Waals surface area contributed by atoms with Crippen molar-refractivity contribution < 1.29 is 33.4 Å². The lowest BCUT2D eigenvalue weighted by molar-refractivity contribution is -0.162. The molecule has 1 fully saturated rings. The zero-order valence-electron chi connectivity index (χ0n) is 22.1. The standard InChI is InChI=1S/C29H37NO7S/c1-3-5-10-18-37-28(33)23(27(32)35-4-2)14-7-6-11-17-36-24-16-15-20(21-12-8-9-13-22(21)24)19-25-26(31)30-29(34)38-25/h8-9,12-13,15-16,19,21-23H,3-7,10-11,14,17-18H2,1-2H3,(H,30,31,34)/b25-19-. The van der Waals surface area contributed by atoms with Crippen molar-refractivity contribution >= 4 is 34.8 Å². The summed E-state index contributed by atoms with van der Waals surface area (Å²) in [5, 5.41) is 1.93. The molecule has 2 amide bonds. The summed E-state index contributed by atoms with van der Waals surface area (Å²) in [5.41, 5.74) is 0.946. The van der Waals surface area contributed by atoms with Gasteiger partial charge in [0.2, 0.25) is 0 Å². The first-order valence-corrected chi connectivity index (χ1v) is 14.2. The molecule has 1 heterocycles. The maximum absolute atomic E-state index is 12.4. The van der Waals surface area contributed by atoms with E-state index in [1.165, 1.54) is 0 Å². The zero-order chi connectivity index (χ0) is 27.3. The van der Waals surface area contributed by atoms with Crippen LogP contribution in [0, 0.1) is 17.8 Å². The van der Waals surface area contributed by atoms with Gasteiger partial charge in [-0.05, 0) is 55.7 Å². The molecule has 0 aromatic carbocycles. The molecule has 0 spiro atoms. The Morgan fingerprint density at radius 2 is 1.68 bits per heavy atom. The van der Waals surface area contributed by atoms with Gasteiger partial charge in [-0.3, -0.25) is 24.5 Å². The fourth-order valence-corrected chi connectivity index (χ4v) is 5.16. The van der Waals surface area contributed by atoms with Crippen molar-refractivity contribution in [1.82, 2.24) is 5.32 Å². The average molecular weight is 544 g/mol. The number of unbranched alkanes of at least 4 members (excludes halogenated alkanes) is 4. The Bertz CT molecular complexity index is 1040. The molecular weight excluding hydrogens is 506 g/mol. The van der Waals surface area contributed by atoms with Gasteiger partial charge < -0.3 is 14.2 Å². The largest absolute Gasteiger partial charge is 0.497 e. The van der Waals surface area contributed by atoms with Gasteiger partial charge in [-0.15, -0.1) is 0 Å². The van der Waals surface area contributed by atoms with Crippen molar-refractivity contribution in [1.29, 1.82) is 0 Å². The van der Waals surface area contributed by atoms with Crippen LogP contribution in [0.5, 0.6) is 0 Å². The highest BCUT2D eigenvalue weighted by Crippen LogP contribution is 2.38. The van der Waals surface area contributed by atoms with Gasteiger partial charge in [0.1, 0.15) is 5.76 Å². The fraction of sp³-hybridized carbons (Fsp3) is 0.517. The molecule has 8 nitrogen and oxygen atoms in total. The third-order valence-corrected chi connectivity index (χ3v) is 7.29. The normalized spacial score (nSPS) is 21.9. The highest BCUT2D eigenvalue weighted by molar-refractivity contribution is 8.18. The summed E-state index contributed by atoms with van der Waals surface area (Å²) < 4.78 is 16.5. The van der Waals surface area contributed by atoms with Crippen LogP contribution in [0.25, 0.3) is 0 Å². The monoisotopic (exact) mass is 543 g/mol. The van der Waals surface area contributed by atoms with E-state index in [-0.39, 0.29) is 29.6 Å². The SMILES string of the molecule is CCCCCOC(=O)C(CCCCCOC1=CC=C(/C=C2\SC(=O)NC2=O)C2C=CC=CC12)C(=O)OCC. The second-order valence-corrected chi connectivity index (χ2v) is 10.3. The van der Waals surface area contributed by atoms with Crippen molar-refractivity contribution in [2.24, 2.45) is 17.8 Å². The molecule has 0 aromatic rings. The van der Waals surface area contributed by atoms with Crippen LogP contribution >= 0.6 is 11.8 Å². The predicted molar refractivity (Wildman–Crippen MR) is 146 cm³/mol. The third-order valence-electron chi connectivity index (χ3n) is 6.48. The van der Waals surface area contributed by atoms with Gasteiger partial charge >= 0.3 is 11.9 Å². The molecule has 1 aliphatic heterocycles. The van der Waals surface area contributed by atoms with Crippen LogP contribution in [0.2, 0.25) is 0 Å². The number of esters is 2. The average Bonchev–Trinajstić information content (AvgIpc) is 3.23. The minimum Gasteiger partial charge on any atom is -0.497 e. The molecule has 0 radical (unpaired) electrons. The van der Waals surface area contributed by atoms with Crippen molar-refractivity contribution in [2.75, 3.05) is 19.8 Å². The van der Waals surface area contributed by atoms with E-state index < -0.39 is 17.9 Å². The number of ether oxygens (including phenoxy) is 3. The summed E-state index contributed by atoms with van der Waals surface area (Å²) >= 11 is 0.911. The van der Waals surface area contributed by atoms with Gasteiger partial charge in [0.25, 0.3) is 11.1 Å². The highest BCUT2D eigenvalue weighted by atomic mass is 32.2. The Kier molecular flexibility index (Phi) is 11.9. The summed E-state index contributed by atoms with van der Waals surface area (Å²) in [4.78, 5) is 48.6. The number of carbonyl (C=O) groups excluding carboxylic acids is 4. The van der Waals surface area contributed by atoms with Gasteiger partial charge in [0.05, 0.1) is 24.7 Å². The molecule has 2 aliphatic carbocycles. The first-order chi connectivity index (χ1) is 18.4. The number of rotatable bonds is 15. The molecule has 0 saturated carbocycles. The fourth-order valence-electron chi connectivity index (χ4n) is 4.48. The summed E-state index contributed by atoms with van der Waals surface area (Å²) in [7, 11) is 0. The Morgan fingerprint density at radius 3 is 2.39 bits per heavy atom. The molecule has 1 N–H and O–H groups in total. The predicted octanol–water partition coefficient (Wildman–Crippen LogP) is 5.53. The number of nitrogens with one attached hydrogen (secondary N) is 1. The molecule has 9 heteroatoms. The van der Waals surface area contributed by atoms with Crippen molar-refractivity contribution in [3.8, 4) is 0 Å². The van der Waals surface area contributed by atoms with Crippen LogP contribution in [-0.2, 0) is 28.6 Å². The van der Waals surface area contributed by atoms with E-state index in [0.29, 0.717) is 31.0 Å². The Hall–Kier alpha value is -3.07. The first kappa shape index (κ1) is 29.5. The summed E-state index contributed by atoms with van der Waals surface area (Å²) in [5.74, 6) is -1.39. The molecule has 1 saturated heterocycles. The van der Waals surface area contributed by atoms with E-state index in [9.17, 15) is 19.2 Å². The Labute approximate surface area is 228 Å². The topological polar surface area (TPSA) is 108 Å². The van der Waals surface area contributed by atoms with Crippen LogP contribution in [0.3, 0.4) is 0 Å². The van der Waals surface area contributed by atoms with Gasteiger partial charge in [-0.25, -0.2) is 0 Å². The second kappa shape index (κ2) is 15.4. The molecule has 3 atom stereocenters. The number of imide groups is 1. The summed E-state index contributed by atoms with van der Waals surface area (Å²) in [6.45, 7) is 4.86. The second-order valence-electron chi connectivity index (χ2n) is 9.29. The maximum atomic E-state index is 12.4. The van der Waals surface area contributed by atoms with E-state index in [4.69, 9.17) is 14.2 Å². The number of hydrogen-bond donors (Lipinski definition) is 1. The van der Waals surface area contributed by atoms with E-state index in [2.05, 4.69) is 24.4 Å². The van der Waals surface area contributed by atoms with Gasteiger partial charge in [0.15, 0.2) is 5.92 Å². The molecule has 3 aliphatic rings. The number of hydrogen-bond acceptors (Lipinski definition) is 8. The first-order valence-electron chi connectivity index (χ1n) is 13.4. The number of allylic oxidation sites excluding steroid dienone is 8.